The molecule has 0 radical (unpaired) electrons. The molecule has 7 aromatic carbocycles. The van der Waals surface area contributed by atoms with E-state index in [9.17, 15) is 13.2 Å². The van der Waals surface area contributed by atoms with Crippen LogP contribution in [0.2, 0.25) is 0 Å². The van der Waals surface area contributed by atoms with Crippen molar-refractivity contribution in [3.63, 3.8) is 0 Å². The number of alkyl halides is 3. The van der Waals surface area contributed by atoms with E-state index in [2.05, 4.69) is 103 Å². The fourth-order valence-corrected chi connectivity index (χ4v) is 7.16. The van der Waals surface area contributed by atoms with Crippen molar-refractivity contribution < 1.29 is 13.2 Å². The summed E-state index contributed by atoms with van der Waals surface area (Å²) in [6.45, 7) is 0. The molecule has 0 nitrogen and oxygen atoms in total. The Morgan fingerprint density at radius 2 is 0.756 bits per heavy atom. The lowest BCUT2D eigenvalue weighted by molar-refractivity contribution is -0.137. The predicted octanol–water partition coefficient (Wildman–Crippen LogP) is 12.9. The van der Waals surface area contributed by atoms with Gasteiger partial charge in [0.1, 0.15) is 0 Å². The van der Waals surface area contributed by atoms with Crippen LogP contribution in [0.15, 0.2) is 152 Å². The molecule has 0 saturated heterocycles. The van der Waals surface area contributed by atoms with Gasteiger partial charge in [-0.3, -0.25) is 0 Å². The summed E-state index contributed by atoms with van der Waals surface area (Å²) >= 11 is 1.84. The van der Waals surface area contributed by atoms with Crippen LogP contribution in [-0.4, -0.2) is 0 Å². The van der Waals surface area contributed by atoms with E-state index in [0.29, 0.717) is 0 Å². The summed E-state index contributed by atoms with van der Waals surface area (Å²) in [6.07, 6.45) is -4.33. The number of benzene rings is 7. The first-order valence-electron chi connectivity index (χ1n) is 14.7. The lowest BCUT2D eigenvalue weighted by atomic mass is 9.95. The van der Waals surface area contributed by atoms with Gasteiger partial charge in [-0.25, -0.2) is 0 Å². The van der Waals surface area contributed by atoms with Crippen LogP contribution in [0.5, 0.6) is 0 Å². The van der Waals surface area contributed by atoms with Gasteiger partial charge in [0.15, 0.2) is 0 Å². The van der Waals surface area contributed by atoms with Crippen LogP contribution < -0.4 is 0 Å². The summed E-state index contributed by atoms with van der Waals surface area (Å²) < 4.78 is 41.4. The average molecular weight is 607 g/mol. The number of thiophene rings is 1. The Hall–Kier alpha value is -5.19. The standard InChI is InChI=1S/C41H25F3S/c42-41(43,44)36-20-17-27(18-21-36)26-5-7-28(8-6-26)31-13-15-34-24-32(14-16-33(34)23-31)29-9-11-30(12-10-29)35-19-22-40-38(25-35)37-3-1-2-4-39(37)45-40/h1-25H. The average Bonchev–Trinajstić information content (AvgIpc) is 3.46. The summed E-state index contributed by atoms with van der Waals surface area (Å²) in [5.41, 5.74) is 7.90. The van der Waals surface area contributed by atoms with Crippen LogP contribution in [0.1, 0.15) is 5.56 Å². The molecule has 0 unspecified atom stereocenters. The molecule has 0 N–H and O–H groups in total. The summed E-state index contributed by atoms with van der Waals surface area (Å²) in [5.74, 6) is 0. The normalized spacial score (nSPS) is 11.9. The van der Waals surface area contributed by atoms with Gasteiger partial charge in [-0.05, 0) is 97.7 Å². The van der Waals surface area contributed by atoms with Gasteiger partial charge in [0.05, 0.1) is 5.56 Å². The van der Waals surface area contributed by atoms with Crippen LogP contribution in [0.3, 0.4) is 0 Å². The zero-order chi connectivity index (χ0) is 30.5. The monoisotopic (exact) mass is 606 g/mol. The second-order valence-corrected chi connectivity index (χ2v) is 12.4. The second-order valence-electron chi connectivity index (χ2n) is 11.3. The minimum absolute atomic E-state index is 0.639. The van der Waals surface area contributed by atoms with E-state index in [1.54, 1.807) is 0 Å². The third kappa shape index (κ3) is 5.17. The molecule has 4 heteroatoms. The van der Waals surface area contributed by atoms with Crippen molar-refractivity contribution in [2.75, 3.05) is 0 Å². The van der Waals surface area contributed by atoms with Gasteiger partial charge in [-0.15, -0.1) is 11.3 Å². The van der Waals surface area contributed by atoms with Gasteiger partial charge >= 0.3 is 6.18 Å². The fraction of sp³-hybridized carbons (Fsp3) is 0.0244. The maximum atomic E-state index is 12.9. The molecule has 0 amide bonds. The minimum atomic E-state index is -4.33. The maximum absolute atomic E-state index is 12.9. The van der Waals surface area contributed by atoms with Gasteiger partial charge in [-0.1, -0.05) is 109 Å². The Labute approximate surface area is 262 Å². The Morgan fingerprint density at radius 3 is 1.29 bits per heavy atom. The zero-order valence-electron chi connectivity index (χ0n) is 24.0. The summed E-state index contributed by atoms with van der Waals surface area (Å²) in [6, 6.07) is 50.3. The highest BCUT2D eigenvalue weighted by atomic mass is 32.1. The van der Waals surface area contributed by atoms with Crippen molar-refractivity contribution in [3.05, 3.63) is 157 Å². The number of fused-ring (bicyclic) bond motifs is 4. The molecule has 1 heterocycles. The first-order valence-corrected chi connectivity index (χ1v) is 15.5. The molecule has 8 rings (SSSR count). The molecule has 0 bridgehead atoms. The maximum Gasteiger partial charge on any atom is 0.416 e. The van der Waals surface area contributed by atoms with E-state index in [1.165, 1.54) is 54.6 Å². The van der Waals surface area contributed by atoms with Crippen LogP contribution in [0, 0.1) is 0 Å². The van der Waals surface area contributed by atoms with Crippen molar-refractivity contribution in [2.45, 2.75) is 6.18 Å². The summed E-state index contributed by atoms with van der Waals surface area (Å²) in [5, 5.41) is 4.93. The Bertz CT molecular complexity index is 2330. The fourth-order valence-electron chi connectivity index (χ4n) is 6.07. The van der Waals surface area contributed by atoms with Gasteiger partial charge in [0.2, 0.25) is 0 Å². The van der Waals surface area contributed by atoms with Crippen LogP contribution in [0.4, 0.5) is 13.2 Å². The van der Waals surface area contributed by atoms with Crippen LogP contribution in [0.25, 0.3) is 75.5 Å². The summed E-state index contributed by atoms with van der Waals surface area (Å²) in [4.78, 5) is 0. The molecular formula is C41H25F3S. The number of hydrogen-bond donors (Lipinski definition) is 0. The summed E-state index contributed by atoms with van der Waals surface area (Å²) in [7, 11) is 0. The molecule has 0 spiro atoms. The van der Waals surface area contributed by atoms with E-state index in [4.69, 9.17) is 0 Å². The van der Waals surface area contributed by atoms with Crippen LogP contribution in [-0.2, 0) is 6.18 Å². The molecule has 0 aliphatic rings. The lowest BCUT2D eigenvalue weighted by Crippen LogP contribution is -2.03. The van der Waals surface area contributed by atoms with Crippen molar-refractivity contribution >= 4 is 42.3 Å². The molecule has 8 aromatic rings. The lowest BCUT2D eigenvalue weighted by Gasteiger charge is -2.10. The SMILES string of the molecule is FC(F)(F)c1ccc(-c2ccc(-c3ccc4cc(-c5ccc(-c6ccc7sc8ccccc8c7c6)cc5)ccc4c3)cc2)cc1. The highest BCUT2D eigenvalue weighted by Crippen LogP contribution is 2.37. The first kappa shape index (κ1) is 27.4. The smallest absolute Gasteiger partial charge is 0.166 e. The van der Waals surface area contributed by atoms with E-state index in [1.807, 2.05) is 35.6 Å². The molecule has 0 atom stereocenters. The van der Waals surface area contributed by atoms with Crippen molar-refractivity contribution in [1.29, 1.82) is 0 Å². The molecular weight excluding hydrogens is 582 g/mol. The van der Waals surface area contributed by atoms with Crippen molar-refractivity contribution in [1.82, 2.24) is 0 Å². The Balaban J connectivity index is 1.02. The topological polar surface area (TPSA) is 0 Å². The molecule has 0 saturated carbocycles. The molecule has 45 heavy (non-hydrogen) atoms. The van der Waals surface area contributed by atoms with Crippen molar-refractivity contribution in [2.24, 2.45) is 0 Å². The number of hydrogen-bond acceptors (Lipinski definition) is 1. The van der Waals surface area contributed by atoms with Crippen molar-refractivity contribution in [3.8, 4) is 44.5 Å². The van der Waals surface area contributed by atoms with Gasteiger partial charge in [0.25, 0.3) is 0 Å². The Morgan fingerprint density at radius 1 is 0.356 bits per heavy atom. The van der Waals surface area contributed by atoms with E-state index in [-0.39, 0.29) is 0 Å². The predicted molar refractivity (Wildman–Crippen MR) is 184 cm³/mol. The highest BCUT2D eigenvalue weighted by molar-refractivity contribution is 7.25. The highest BCUT2D eigenvalue weighted by Gasteiger charge is 2.30. The Kier molecular flexibility index (Phi) is 6.54. The third-order valence-corrected chi connectivity index (χ3v) is 9.68. The third-order valence-electron chi connectivity index (χ3n) is 8.53. The zero-order valence-corrected chi connectivity index (χ0v) is 24.8. The molecule has 0 aliphatic heterocycles. The first-order chi connectivity index (χ1) is 21.9. The van der Waals surface area contributed by atoms with E-state index >= 15 is 0 Å². The quantitative estimate of drug-likeness (QED) is 0.187. The van der Waals surface area contributed by atoms with Crippen LogP contribution >= 0.6 is 11.3 Å². The largest absolute Gasteiger partial charge is 0.416 e. The molecule has 216 valence electrons. The minimum Gasteiger partial charge on any atom is -0.166 e. The molecule has 1 aromatic heterocycles. The molecule has 0 fully saturated rings. The number of rotatable bonds is 4. The molecule has 0 aliphatic carbocycles. The van der Waals surface area contributed by atoms with E-state index < -0.39 is 11.7 Å². The number of halogens is 3. The van der Waals surface area contributed by atoms with Gasteiger partial charge in [-0.2, -0.15) is 13.2 Å². The van der Waals surface area contributed by atoms with Gasteiger partial charge in [0, 0.05) is 20.2 Å². The van der Waals surface area contributed by atoms with Gasteiger partial charge < -0.3 is 0 Å². The second kappa shape index (κ2) is 10.8. The van der Waals surface area contributed by atoms with E-state index in [0.717, 1.165) is 45.2 Å².